The van der Waals surface area contributed by atoms with E-state index >= 15 is 0 Å². The van der Waals surface area contributed by atoms with Gasteiger partial charge in [-0.2, -0.15) is 0 Å². The molecule has 19 heavy (non-hydrogen) atoms. The number of pyridine rings is 1. The molecule has 0 aromatic carbocycles. The predicted molar refractivity (Wildman–Crippen MR) is 78.2 cm³/mol. The van der Waals surface area contributed by atoms with E-state index in [0.29, 0.717) is 0 Å². The van der Waals surface area contributed by atoms with Crippen molar-refractivity contribution in [3.05, 3.63) is 24.0 Å². The van der Waals surface area contributed by atoms with E-state index in [1.165, 1.54) is 0 Å². The van der Waals surface area contributed by atoms with Gasteiger partial charge >= 0.3 is 0 Å². The summed E-state index contributed by atoms with van der Waals surface area (Å²) < 4.78 is 0. The van der Waals surface area contributed by atoms with E-state index in [1.54, 1.807) is 0 Å². The van der Waals surface area contributed by atoms with Crippen LogP contribution in [0.2, 0.25) is 0 Å². The van der Waals surface area contributed by atoms with Crippen molar-refractivity contribution in [2.24, 2.45) is 0 Å². The fraction of sp³-hybridized carbons (Fsp3) is 0.667. The number of nitrogens with one attached hydrogen (secondary N) is 1. The lowest BCUT2D eigenvalue weighted by Gasteiger charge is -2.22. The number of aromatic nitrogens is 1. The second kappa shape index (κ2) is 6.35. The second-order valence-corrected chi connectivity index (χ2v) is 5.69. The Bertz CT molecular complexity index is 406. The molecule has 1 saturated heterocycles. The van der Waals surface area contributed by atoms with E-state index < -0.39 is 5.60 Å². The molecule has 2 heterocycles. The summed E-state index contributed by atoms with van der Waals surface area (Å²) in [4.78, 5) is 6.83. The fourth-order valence-corrected chi connectivity index (χ4v) is 2.59. The average molecular weight is 263 g/mol. The number of hydrogen-bond acceptors (Lipinski definition) is 4. The van der Waals surface area contributed by atoms with Gasteiger partial charge in [0.05, 0.1) is 11.3 Å². The first-order valence-corrected chi connectivity index (χ1v) is 7.22. The van der Waals surface area contributed by atoms with Crippen molar-refractivity contribution in [1.29, 1.82) is 0 Å². The van der Waals surface area contributed by atoms with Gasteiger partial charge in [-0.25, -0.2) is 0 Å². The normalized spacial score (nSPS) is 25.0. The Morgan fingerprint density at radius 3 is 3.05 bits per heavy atom. The molecule has 0 aliphatic carbocycles. The topological polar surface area (TPSA) is 48.4 Å². The van der Waals surface area contributed by atoms with Crippen LogP contribution in [0.3, 0.4) is 0 Å². The molecule has 1 fully saturated rings. The maximum atomic E-state index is 10.1. The summed E-state index contributed by atoms with van der Waals surface area (Å²) in [5.41, 5.74) is 1.74. The number of aliphatic hydroxyl groups is 1. The molecule has 1 aromatic heterocycles. The minimum Gasteiger partial charge on any atom is -0.390 e. The molecule has 4 heteroatoms. The van der Waals surface area contributed by atoms with Crippen LogP contribution < -0.4 is 5.32 Å². The first kappa shape index (κ1) is 14.3. The highest BCUT2D eigenvalue weighted by Crippen LogP contribution is 2.22. The third-order valence-corrected chi connectivity index (χ3v) is 3.74. The largest absolute Gasteiger partial charge is 0.390 e. The molecule has 0 saturated carbocycles. The van der Waals surface area contributed by atoms with Crippen molar-refractivity contribution in [2.45, 2.75) is 45.3 Å². The van der Waals surface area contributed by atoms with Crippen LogP contribution in [-0.2, 0) is 6.54 Å². The summed E-state index contributed by atoms with van der Waals surface area (Å²) in [7, 11) is 0. The summed E-state index contributed by atoms with van der Waals surface area (Å²) in [5, 5.41) is 13.4. The van der Waals surface area contributed by atoms with Gasteiger partial charge in [0, 0.05) is 31.5 Å². The molecule has 1 atom stereocenters. The van der Waals surface area contributed by atoms with E-state index in [1.807, 2.05) is 19.2 Å². The highest BCUT2D eigenvalue weighted by Gasteiger charge is 2.24. The van der Waals surface area contributed by atoms with Crippen LogP contribution in [0.1, 0.15) is 38.8 Å². The van der Waals surface area contributed by atoms with Gasteiger partial charge in [-0.3, -0.25) is 9.88 Å². The molecule has 0 spiro atoms. The number of anilines is 1. The second-order valence-electron chi connectivity index (χ2n) is 5.69. The van der Waals surface area contributed by atoms with Crippen LogP contribution in [0.25, 0.3) is 0 Å². The molecule has 2 rings (SSSR count). The van der Waals surface area contributed by atoms with E-state index in [4.69, 9.17) is 0 Å². The van der Waals surface area contributed by atoms with E-state index in [-0.39, 0.29) is 0 Å². The number of rotatable bonds is 4. The zero-order valence-corrected chi connectivity index (χ0v) is 12.0. The van der Waals surface area contributed by atoms with Crippen LogP contribution in [0.4, 0.5) is 5.69 Å². The van der Waals surface area contributed by atoms with Crippen molar-refractivity contribution in [3.63, 3.8) is 0 Å². The van der Waals surface area contributed by atoms with Gasteiger partial charge in [0.1, 0.15) is 0 Å². The smallest absolute Gasteiger partial charge is 0.0632 e. The number of likely N-dealkylation sites (tertiary alicyclic amines) is 1. The summed E-state index contributed by atoms with van der Waals surface area (Å²) in [6.07, 6.45) is 4.66. The maximum Gasteiger partial charge on any atom is 0.0632 e. The molecule has 1 aliphatic rings. The quantitative estimate of drug-likeness (QED) is 0.875. The summed E-state index contributed by atoms with van der Waals surface area (Å²) in [5.74, 6) is 0. The average Bonchev–Trinajstić information content (AvgIpc) is 2.52. The minimum atomic E-state index is -0.492. The van der Waals surface area contributed by atoms with Gasteiger partial charge in [0.15, 0.2) is 0 Å². The highest BCUT2D eigenvalue weighted by atomic mass is 16.3. The van der Waals surface area contributed by atoms with Gasteiger partial charge in [-0.1, -0.05) is 0 Å². The monoisotopic (exact) mass is 263 g/mol. The molecular formula is C15H25N3O. The van der Waals surface area contributed by atoms with Crippen LogP contribution in [0.5, 0.6) is 0 Å². The molecule has 4 nitrogen and oxygen atoms in total. The number of hydrogen-bond donors (Lipinski definition) is 2. The highest BCUT2D eigenvalue weighted by molar-refractivity contribution is 5.42. The molecule has 1 aliphatic heterocycles. The summed E-state index contributed by atoms with van der Waals surface area (Å²) in [6, 6.07) is 4.12. The van der Waals surface area contributed by atoms with Crippen molar-refractivity contribution >= 4 is 5.69 Å². The van der Waals surface area contributed by atoms with Gasteiger partial charge in [-0.05, 0) is 51.8 Å². The van der Waals surface area contributed by atoms with Gasteiger partial charge in [0.25, 0.3) is 0 Å². The summed E-state index contributed by atoms with van der Waals surface area (Å²) >= 11 is 0. The van der Waals surface area contributed by atoms with Gasteiger partial charge < -0.3 is 10.4 Å². The Hall–Kier alpha value is -1.13. The third kappa shape index (κ3) is 4.48. The van der Waals surface area contributed by atoms with E-state index in [9.17, 15) is 5.11 Å². The van der Waals surface area contributed by atoms with Crippen molar-refractivity contribution in [2.75, 3.05) is 25.0 Å². The van der Waals surface area contributed by atoms with Gasteiger partial charge in [-0.15, -0.1) is 0 Å². The first-order valence-electron chi connectivity index (χ1n) is 7.22. The molecule has 0 bridgehead atoms. The fourth-order valence-electron chi connectivity index (χ4n) is 2.59. The maximum absolute atomic E-state index is 10.1. The lowest BCUT2D eigenvalue weighted by molar-refractivity contribution is 0.0444. The Kier molecular flexibility index (Phi) is 4.77. The molecule has 1 unspecified atom stereocenters. The SMILES string of the molecule is CCNc1ccnc(CN2CCCC(C)(O)CC2)c1. The zero-order valence-electron chi connectivity index (χ0n) is 12.0. The van der Waals surface area contributed by atoms with Crippen LogP contribution in [-0.4, -0.2) is 40.2 Å². The standard InChI is InChI=1S/C15H25N3O/c1-3-16-13-5-8-17-14(11-13)12-18-9-4-6-15(2,19)7-10-18/h5,8,11,19H,3-4,6-7,9-10,12H2,1-2H3,(H,16,17). The Balaban J connectivity index is 1.95. The molecule has 106 valence electrons. The van der Waals surface area contributed by atoms with E-state index in [0.717, 1.165) is 56.8 Å². The Labute approximate surface area is 115 Å². The first-order chi connectivity index (χ1) is 9.09. The van der Waals surface area contributed by atoms with Crippen molar-refractivity contribution in [1.82, 2.24) is 9.88 Å². The van der Waals surface area contributed by atoms with Crippen molar-refractivity contribution < 1.29 is 5.11 Å². The van der Waals surface area contributed by atoms with Gasteiger partial charge in [0.2, 0.25) is 0 Å². The Morgan fingerprint density at radius 2 is 2.26 bits per heavy atom. The lowest BCUT2D eigenvalue weighted by atomic mass is 9.98. The Morgan fingerprint density at radius 1 is 1.42 bits per heavy atom. The van der Waals surface area contributed by atoms with E-state index in [2.05, 4.69) is 28.2 Å². The molecule has 1 aromatic rings. The van der Waals surface area contributed by atoms with Crippen LogP contribution in [0, 0.1) is 0 Å². The zero-order chi connectivity index (χ0) is 13.7. The lowest BCUT2D eigenvalue weighted by Crippen LogP contribution is -2.28. The van der Waals surface area contributed by atoms with Crippen LogP contribution in [0.15, 0.2) is 18.3 Å². The summed E-state index contributed by atoms with van der Waals surface area (Å²) in [6.45, 7) is 7.83. The minimum absolute atomic E-state index is 0.492. The van der Waals surface area contributed by atoms with Crippen molar-refractivity contribution in [3.8, 4) is 0 Å². The molecule has 0 amide bonds. The molecule has 0 radical (unpaired) electrons. The molecular weight excluding hydrogens is 238 g/mol. The third-order valence-electron chi connectivity index (χ3n) is 3.74. The van der Waals surface area contributed by atoms with Crippen LogP contribution >= 0.6 is 0 Å². The molecule has 2 N–H and O–H groups in total. The number of nitrogens with zero attached hydrogens (tertiary/aromatic N) is 2. The predicted octanol–water partition coefficient (Wildman–Crippen LogP) is 2.25.